The predicted molar refractivity (Wildman–Crippen MR) is 73.7 cm³/mol. The van der Waals surface area contributed by atoms with Crippen LogP contribution < -0.4 is 10.1 Å². The molecule has 0 heterocycles. The van der Waals surface area contributed by atoms with E-state index >= 15 is 0 Å². The Morgan fingerprint density at radius 2 is 1.88 bits per heavy atom. The number of nitrogens with one attached hydrogen (secondary N) is 1. The fourth-order valence-electron chi connectivity index (χ4n) is 1.47. The van der Waals surface area contributed by atoms with Gasteiger partial charge in [0.05, 0.1) is 0 Å². The molecule has 94 valence electrons. The lowest BCUT2D eigenvalue weighted by atomic mass is 10.0. The lowest BCUT2D eigenvalue weighted by Gasteiger charge is -2.07. The van der Waals surface area contributed by atoms with Crippen LogP contribution in [0, 0.1) is 0 Å². The maximum absolute atomic E-state index is 5.61. The molecule has 0 unspecified atom stereocenters. The smallest absolute Gasteiger partial charge is 0.119 e. The molecular weight excluding hydrogens is 210 g/mol. The molecule has 1 aromatic rings. The Kier molecular flexibility index (Phi) is 6.41. The van der Waals surface area contributed by atoms with E-state index in [1.165, 1.54) is 5.56 Å². The highest BCUT2D eigenvalue weighted by Crippen LogP contribution is 2.18. The summed E-state index contributed by atoms with van der Waals surface area (Å²) in [4.78, 5) is 0. The Morgan fingerprint density at radius 1 is 1.18 bits per heavy atom. The van der Waals surface area contributed by atoms with Crippen LogP contribution in [0.4, 0.5) is 0 Å². The number of hydrogen-bond donors (Lipinski definition) is 1. The monoisotopic (exact) mass is 233 g/mol. The summed E-state index contributed by atoms with van der Waals surface area (Å²) >= 11 is 0. The molecule has 0 atom stereocenters. The van der Waals surface area contributed by atoms with E-state index in [0.29, 0.717) is 12.5 Å². The van der Waals surface area contributed by atoms with Crippen LogP contribution in [0.1, 0.15) is 32.3 Å². The summed E-state index contributed by atoms with van der Waals surface area (Å²) < 4.78 is 5.61. The second-order valence-electron chi connectivity index (χ2n) is 4.31. The highest BCUT2D eigenvalue weighted by molar-refractivity contribution is 5.28. The summed E-state index contributed by atoms with van der Waals surface area (Å²) in [7, 11) is 0. The summed E-state index contributed by atoms with van der Waals surface area (Å²) in [6.45, 7) is 9.03. The van der Waals surface area contributed by atoms with E-state index in [-0.39, 0.29) is 0 Å². The molecule has 0 spiro atoms. The number of ether oxygens (including phenoxy) is 1. The van der Waals surface area contributed by atoms with E-state index in [1.54, 1.807) is 0 Å². The summed E-state index contributed by atoms with van der Waals surface area (Å²) in [6.07, 6.45) is 4.13. The van der Waals surface area contributed by atoms with Gasteiger partial charge in [-0.15, -0.1) is 0 Å². The van der Waals surface area contributed by atoms with Crippen molar-refractivity contribution in [2.45, 2.75) is 26.7 Å². The predicted octanol–water partition coefficient (Wildman–Crippen LogP) is 3.35. The Bertz CT molecular complexity index is 327. The van der Waals surface area contributed by atoms with E-state index in [9.17, 15) is 0 Å². The van der Waals surface area contributed by atoms with Crippen molar-refractivity contribution in [3.63, 3.8) is 0 Å². The van der Waals surface area contributed by atoms with Crippen molar-refractivity contribution >= 4 is 0 Å². The third kappa shape index (κ3) is 5.55. The van der Waals surface area contributed by atoms with Crippen LogP contribution in [-0.4, -0.2) is 19.7 Å². The fourth-order valence-corrected chi connectivity index (χ4v) is 1.47. The Balaban J connectivity index is 2.30. The van der Waals surface area contributed by atoms with Crippen molar-refractivity contribution in [2.24, 2.45) is 0 Å². The van der Waals surface area contributed by atoms with Gasteiger partial charge in [-0.05, 0) is 30.2 Å². The van der Waals surface area contributed by atoms with E-state index in [0.717, 1.165) is 18.8 Å². The van der Waals surface area contributed by atoms with Crippen molar-refractivity contribution in [3.05, 3.63) is 42.0 Å². The van der Waals surface area contributed by atoms with E-state index in [4.69, 9.17) is 4.74 Å². The minimum Gasteiger partial charge on any atom is -0.490 e. The average molecular weight is 233 g/mol. The van der Waals surface area contributed by atoms with Gasteiger partial charge in [-0.1, -0.05) is 45.1 Å². The zero-order valence-electron chi connectivity index (χ0n) is 11.1. The zero-order valence-corrected chi connectivity index (χ0v) is 11.1. The standard InChI is InChI=1S/C15H23NO/c1-4-16-11-5-6-12-17-15-9-7-14(8-10-15)13(2)3/h5-10,13,16H,4,11-12H2,1-3H3. The van der Waals surface area contributed by atoms with Crippen LogP contribution in [0.5, 0.6) is 5.75 Å². The normalized spacial score (nSPS) is 11.3. The topological polar surface area (TPSA) is 21.3 Å². The molecule has 0 fully saturated rings. The van der Waals surface area contributed by atoms with Crippen molar-refractivity contribution in [1.82, 2.24) is 5.32 Å². The first-order valence-corrected chi connectivity index (χ1v) is 6.32. The zero-order chi connectivity index (χ0) is 12.5. The quantitative estimate of drug-likeness (QED) is 0.576. The van der Waals surface area contributed by atoms with Crippen molar-refractivity contribution in [3.8, 4) is 5.75 Å². The first-order chi connectivity index (χ1) is 8.24. The van der Waals surface area contributed by atoms with Gasteiger partial charge < -0.3 is 10.1 Å². The molecule has 0 amide bonds. The van der Waals surface area contributed by atoms with Crippen LogP contribution in [0.15, 0.2) is 36.4 Å². The first-order valence-electron chi connectivity index (χ1n) is 6.32. The largest absolute Gasteiger partial charge is 0.490 e. The molecule has 0 aliphatic heterocycles. The van der Waals surface area contributed by atoms with Gasteiger partial charge in [0.15, 0.2) is 0 Å². The molecule has 0 saturated carbocycles. The summed E-state index contributed by atoms with van der Waals surface area (Å²) in [5.74, 6) is 1.51. The molecule has 1 aromatic carbocycles. The van der Waals surface area contributed by atoms with E-state index in [2.05, 4.69) is 44.3 Å². The Morgan fingerprint density at radius 3 is 2.47 bits per heavy atom. The third-order valence-corrected chi connectivity index (χ3v) is 2.57. The average Bonchev–Trinajstić information content (AvgIpc) is 2.34. The second-order valence-corrected chi connectivity index (χ2v) is 4.31. The van der Waals surface area contributed by atoms with Crippen LogP contribution in [-0.2, 0) is 0 Å². The molecule has 0 aromatic heterocycles. The maximum atomic E-state index is 5.61. The van der Waals surface area contributed by atoms with Gasteiger partial charge in [0.25, 0.3) is 0 Å². The number of benzene rings is 1. The van der Waals surface area contributed by atoms with Crippen LogP contribution in [0.3, 0.4) is 0 Å². The highest BCUT2D eigenvalue weighted by Gasteiger charge is 1.98. The molecule has 0 bridgehead atoms. The first kappa shape index (κ1) is 13.8. The molecular formula is C15H23NO. The Labute approximate surface area is 105 Å². The minimum absolute atomic E-state index is 0.573. The van der Waals surface area contributed by atoms with Gasteiger partial charge in [0.2, 0.25) is 0 Å². The molecule has 0 saturated heterocycles. The SMILES string of the molecule is CCNCC=CCOc1ccc(C(C)C)cc1. The summed E-state index contributed by atoms with van der Waals surface area (Å²) in [5, 5.41) is 3.22. The van der Waals surface area contributed by atoms with Gasteiger partial charge in [-0.2, -0.15) is 0 Å². The van der Waals surface area contributed by atoms with E-state index < -0.39 is 0 Å². The number of hydrogen-bond acceptors (Lipinski definition) is 2. The summed E-state index contributed by atoms with van der Waals surface area (Å²) in [5.41, 5.74) is 1.35. The molecule has 0 aliphatic rings. The molecule has 1 N–H and O–H groups in total. The second kappa shape index (κ2) is 7.91. The lowest BCUT2D eigenvalue weighted by molar-refractivity contribution is 0.362. The van der Waals surface area contributed by atoms with Crippen LogP contribution in [0.2, 0.25) is 0 Å². The molecule has 1 rings (SSSR count). The van der Waals surface area contributed by atoms with Crippen molar-refractivity contribution in [1.29, 1.82) is 0 Å². The summed E-state index contributed by atoms with van der Waals surface area (Å²) in [6, 6.07) is 8.33. The van der Waals surface area contributed by atoms with Crippen LogP contribution in [0.25, 0.3) is 0 Å². The van der Waals surface area contributed by atoms with Crippen LogP contribution >= 0.6 is 0 Å². The molecule has 2 heteroatoms. The van der Waals surface area contributed by atoms with Gasteiger partial charge in [-0.3, -0.25) is 0 Å². The van der Waals surface area contributed by atoms with Gasteiger partial charge in [-0.25, -0.2) is 0 Å². The third-order valence-electron chi connectivity index (χ3n) is 2.57. The number of likely N-dealkylation sites (N-methyl/N-ethyl adjacent to an activating group) is 1. The van der Waals surface area contributed by atoms with Crippen molar-refractivity contribution < 1.29 is 4.74 Å². The molecule has 0 aliphatic carbocycles. The molecule has 2 nitrogen and oxygen atoms in total. The molecule has 17 heavy (non-hydrogen) atoms. The fraction of sp³-hybridized carbons (Fsp3) is 0.467. The minimum atomic E-state index is 0.573. The molecule has 0 radical (unpaired) electrons. The van der Waals surface area contributed by atoms with Crippen molar-refractivity contribution in [2.75, 3.05) is 19.7 Å². The number of rotatable bonds is 7. The maximum Gasteiger partial charge on any atom is 0.119 e. The van der Waals surface area contributed by atoms with Gasteiger partial charge in [0.1, 0.15) is 12.4 Å². The van der Waals surface area contributed by atoms with E-state index in [1.807, 2.05) is 18.2 Å². The lowest BCUT2D eigenvalue weighted by Crippen LogP contribution is -2.11. The van der Waals surface area contributed by atoms with Gasteiger partial charge >= 0.3 is 0 Å². The highest BCUT2D eigenvalue weighted by atomic mass is 16.5. The Hall–Kier alpha value is -1.28. The van der Waals surface area contributed by atoms with Gasteiger partial charge in [0, 0.05) is 6.54 Å².